The van der Waals surface area contributed by atoms with Crippen LogP contribution in [0.4, 0.5) is 0 Å². The molecule has 2 rings (SSSR count). The number of carbonyl (C=O) groups is 1. The highest BCUT2D eigenvalue weighted by Gasteiger charge is 2.29. The molecule has 0 bridgehead atoms. The molecule has 0 aromatic rings. The summed E-state index contributed by atoms with van der Waals surface area (Å²) in [6.07, 6.45) is 6.83. The quantitative estimate of drug-likeness (QED) is 0.812. The second kappa shape index (κ2) is 5.38. The maximum Gasteiger partial charge on any atom is 0.223 e. The summed E-state index contributed by atoms with van der Waals surface area (Å²) in [6, 6.07) is 0.329. The second-order valence-corrected chi connectivity index (χ2v) is 7.57. The van der Waals surface area contributed by atoms with Crippen LogP contribution >= 0.6 is 0 Å². The summed E-state index contributed by atoms with van der Waals surface area (Å²) >= 11 is 0. The molecule has 0 spiro atoms. The van der Waals surface area contributed by atoms with Crippen molar-refractivity contribution in [1.82, 2.24) is 5.32 Å². The summed E-state index contributed by atoms with van der Waals surface area (Å²) in [5.41, 5.74) is 0. The number of hydrogen-bond acceptors (Lipinski definition) is 3. The third-order valence-electron chi connectivity index (χ3n) is 3.88. The number of nitrogens with one attached hydrogen (secondary N) is 1. The van der Waals surface area contributed by atoms with Crippen molar-refractivity contribution >= 4 is 15.7 Å². The number of hydrogen-bond donors (Lipinski definition) is 1. The molecule has 1 saturated heterocycles. The normalized spacial score (nSPS) is 26.6. The molecule has 17 heavy (non-hydrogen) atoms. The zero-order valence-electron chi connectivity index (χ0n) is 10.2. The van der Waals surface area contributed by atoms with Crippen molar-refractivity contribution in [2.45, 2.75) is 51.0 Å². The van der Waals surface area contributed by atoms with Gasteiger partial charge in [0.15, 0.2) is 0 Å². The summed E-state index contributed by atoms with van der Waals surface area (Å²) in [5.74, 6) is 0.346. The number of rotatable bonds is 2. The molecule has 0 atom stereocenters. The molecule has 0 aromatic heterocycles. The largest absolute Gasteiger partial charge is 0.353 e. The first-order chi connectivity index (χ1) is 8.07. The van der Waals surface area contributed by atoms with Crippen LogP contribution in [0.1, 0.15) is 44.9 Å². The zero-order valence-corrected chi connectivity index (χ0v) is 11.0. The Labute approximate surface area is 103 Å². The number of carbonyl (C=O) groups excluding carboxylic acids is 1. The minimum atomic E-state index is -2.86. The van der Waals surface area contributed by atoms with E-state index in [1.165, 1.54) is 19.3 Å². The molecule has 5 heteroatoms. The molecular weight excluding hydrogens is 238 g/mol. The Morgan fingerprint density at radius 3 is 2.12 bits per heavy atom. The lowest BCUT2D eigenvalue weighted by Gasteiger charge is -2.27. The molecule has 0 unspecified atom stereocenters. The highest BCUT2D eigenvalue weighted by molar-refractivity contribution is 7.91. The van der Waals surface area contributed by atoms with E-state index < -0.39 is 9.84 Å². The van der Waals surface area contributed by atoms with Gasteiger partial charge in [-0.3, -0.25) is 4.79 Å². The van der Waals surface area contributed by atoms with Crippen molar-refractivity contribution in [2.24, 2.45) is 5.92 Å². The van der Waals surface area contributed by atoms with Gasteiger partial charge < -0.3 is 5.32 Å². The first-order valence-corrected chi connectivity index (χ1v) is 8.40. The Morgan fingerprint density at radius 2 is 1.53 bits per heavy atom. The van der Waals surface area contributed by atoms with Crippen molar-refractivity contribution in [3.63, 3.8) is 0 Å². The van der Waals surface area contributed by atoms with Gasteiger partial charge in [0.2, 0.25) is 5.91 Å². The van der Waals surface area contributed by atoms with E-state index in [0.29, 0.717) is 18.9 Å². The molecule has 0 radical (unpaired) electrons. The van der Waals surface area contributed by atoms with Gasteiger partial charge in [-0.05, 0) is 25.7 Å². The van der Waals surface area contributed by atoms with Gasteiger partial charge in [-0.25, -0.2) is 8.42 Å². The third-order valence-corrected chi connectivity index (χ3v) is 5.59. The molecule has 1 heterocycles. The number of sulfone groups is 1. The van der Waals surface area contributed by atoms with Gasteiger partial charge in [-0.2, -0.15) is 0 Å². The van der Waals surface area contributed by atoms with Crippen LogP contribution in [0.25, 0.3) is 0 Å². The Hall–Kier alpha value is -0.580. The van der Waals surface area contributed by atoms with Crippen LogP contribution in [0.15, 0.2) is 0 Å². The van der Waals surface area contributed by atoms with Crippen LogP contribution in [0.2, 0.25) is 0 Å². The Morgan fingerprint density at radius 1 is 0.941 bits per heavy atom. The molecule has 0 aromatic carbocycles. The van der Waals surface area contributed by atoms with Crippen LogP contribution in [0.3, 0.4) is 0 Å². The fraction of sp³-hybridized carbons (Fsp3) is 0.917. The highest BCUT2D eigenvalue weighted by Crippen LogP contribution is 2.21. The Kier molecular flexibility index (Phi) is 4.07. The predicted molar refractivity (Wildman–Crippen MR) is 66.4 cm³/mol. The van der Waals surface area contributed by atoms with E-state index in [0.717, 1.165) is 12.8 Å². The van der Waals surface area contributed by atoms with E-state index in [2.05, 4.69) is 5.32 Å². The van der Waals surface area contributed by atoms with Crippen LogP contribution in [0, 0.1) is 5.92 Å². The van der Waals surface area contributed by atoms with Crippen LogP contribution < -0.4 is 5.32 Å². The molecule has 1 aliphatic heterocycles. The minimum Gasteiger partial charge on any atom is -0.353 e. The van der Waals surface area contributed by atoms with Crippen molar-refractivity contribution in [2.75, 3.05) is 11.5 Å². The van der Waals surface area contributed by atoms with E-state index in [1.807, 2.05) is 0 Å². The fourth-order valence-electron chi connectivity index (χ4n) is 2.72. The van der Waals surface area contributed by atoms with E-state index in [1.54, 1.807) is 0 Å². The number of amides is 1. The molecule has 98 valence electrons. The Balaban J connectivity index is 1.80. The minimum absolute atomic E-state index is 0.0757. The summed E-state index contributed by atoms with van der Waals surface area (Å²) < 4.78 is 22.6. The van der Waals surface area contributed by atoms with Crippen LogP contribution in [-0.4, -0.2) is 31.9 Å². The van der Waals surface area contributed by atoms with E-state index in [-0.39, 0.29) is 23.3 Å². The molecule has 2 fully saturated rings. The lowest BCUT2D eigenvalue weighted by Crippen LogP contribution is -2.42. The summed E-state index contributed by atoms with van der Waals surface area (Å²) in [5, 5.41) is 3.08. The molecule has 4 nitrogen and oxygen atoms in total. The van der Waals surface area contributed by atoms with Crippen molar-refractivity contribution in [3.8, 4) is 0 Å². The second-order valence-electron chi connectivity index (χ2n) is 5.27. The summed E-state index contributed by atoms with van der Waals surface area (Å²) in [4.78, 5) is 12.0. The van der Waals surface area contributed by atoms with E-state index in [9.17, 15) is 13.2 Å². The average Bonchev–Trinajstić information content (AvgIpc) is 2.30. The highest BCUT2D eigenvalue weighted by atomic mass is 32.2. The SMILES string of the molecule is O=C(NC1CCCCC1)C1CCS(=O)(=O)CC1. The van der Waals surface area contributed by atoms with Gasteiger partial charge in [-0.1, -0.05) is 19.3 Å². The molecular formula is C12H21NO3S. The summed E-state index contributed by atoms with van der Waals surface area (Å²) in [6.45, 7) is 0. The van der Waals surface area contributed by atoms with Gasteiger partial charge in [0.05, 0.1) is 11.5 Å². The van der Waals surface area contributed by atoms with Crippen molar-refractivity contribution in [3.05, 3.63) is 0 Å². The standard InChI is InChI=1S/C12H21NO3S/c14-12(13-11-4-2-1-3-5-11)10-6-8-17(15,16)9-7-10/h10-11H,1-9H2,(H,13,14). The molecule has 1 N–H and O–H groups in total. The molecule has 1 amide bonds. The van der Waals surface area contributed by atoms with Crippen molar-refractivity contribution < 1.29 is 13.2 Å². The van der Waals surface area contributed by atoms with Crippen molar-refractivity contribution in [1.29, 1.82) is 0 Å². The lowest BCUT2D eigenvalue weighted by molar-refractivity contribution is -0.126. The Bertz CT molecular complexity index is 357. The van der Waals surface area contributed by atoms with Gasteiger partial charge in [0, 0.05) is 12.0 Å². The van der Waals surface area contributed by atoms with Gasteiger partial charge in [0.25, 0.3) is 0 Å². The van der Waals surface area contributed by atoms with Crippen LogP contribution in [-0.2, 0) is 14.6 Å². The lowest BCUT2D eigenvalue weighted by atomic mass is 9.94. The topological polar surface area (TPSA) is 63.2 Å². The monoisotopic (exact) mass is 259 g/mol. The van der Waals surface area contributed by atoms with Gasteiger partial charge >= 0.3 is 0 Å². The smallest absolute Gasteiger partial charge is 0.223 e. The predicted octanol–water partition coefficient (Wildman–Crippen LogP) is 1.26. The van der Waals surface area contributed by atoms with E-state index >= 15 is 0 Å². The zero-order chi connectivity index (χ0) is 12.3. The summed E-state index contributed by atoms with van der Waals surface area (Å²) in [7, 11) is -2.86. The van der Waals surface area contributed by atoms with E-state index in [4.69, 9.17) is 0 Å². The average molecular weight is 259 g/mol. The molecule has 1 aliphatic carbocycles. The maximum absolute atomic E-state index is 12.0. The third kappa shape index (κ3) is 3.69. The molecule has 1 saturated carbocycles. The van der Waals surface area contributed by atoms with Crippen LogP contribution in [0.5, 0.6) is 0 Å². The van der Waals surface area contributed by atoms with Gasteiger partial charge in [0.1, 0.15) is 9.84 Å². The molecule has 2 aliphatic rings. The first kappa shape index (κ1) is 12.9. The maximum atomic E-state index is 12.0. The fourth-order valence-corrected chi connectivity index (χ4v) is 4.21. The van der Waals surface area contributed by atoms with Gasteiger partial charge in [-0.15, -0.1) is 0 Å². The first-order valence-electron chi connectivity index (χ1n) is 6.58.